The summed E-state index contributed by atoms with van der Waals surface area (Å²) in [6.45, 7) is 3.47. The molecular formula is C35H30N2O6. The lowest BCUT2D eigenvalue weighted by atomic mass is 9.85. The maximum absolute atomic E-state index is 13.5. The predicted octanol–water partition coefficient (Wildman–Crippen LogP) is 6.10. The maximum atomic E-state index is 13.5. The van der Waals surface area contributed by atoms with Gasteiger partial charge in [0.05, 0.1) is 41.4 Å². The summed E-state index contributed by atoms with van der Waals surface area (Å²) in [7, 11) is 1.54. The van der Waals surface area contributed by atoms with Crippen molar-refractivity contribution in [1.82, 2.24) is 4.98 Å². The third-order valence-corrected chi connectivity index (χ3v) is 8.14. The normalized spacial score (nSPS) is 18.4. The van der Waals surface area contributed by atoms with Gasteiger partial charge in [0.1, 0.15) is 5.75 Å². The van der Waals surface area contributed by atoms with Crippen molar-refractivity contribution < 1.29 is 28.7 Å². The Bertz CT molecular complexity index is 1770. The smallest absolute Gasteiger partial charge is 0.339 e. The molecule has 2 amide bonds. The Hall–Kier alpha value is -5.11. The third kappa shape index (κ3) is 5.20. The molecule has 1 fully saturated rings. The lowest BCUT2D eigenvalue weighted by Crippen LogP contribution is -2.30. The molecule has 6 rings (SSSR count). The molecule has 2 heterocycles. The summed E-state index contributed by atoms with van der Waals surface area (Å²) in [6, 6.07) is 20.9. The van der Waals surface area contributed by atoms with E-state index >= 15 is 0 Å². The van der Waals surface area contributed by atoms with E-state index in [2.05, 4.69) is 0 Å². The van der Waals surface area contributed by atoms with Gasteiger partial charge in [0, 0.05) is 16.5 Å². The molecule has 0 N–H and O–H groups in total. The van der Waals surface area contributed by atoms with Crippen LogP contribution in [-0.4, -0.2) is 41.8 Å². The number of aryl methyl sites for hydroxylation is 1. The van der Waals surface area contributed by atoms with Crippen molar-refractivity contribution >= 4 is 40.2 Å². The van der Waals surface area contributed by atoms with E-state index < -0.39 is 12.1 Å². The maximum Gasteiger partial charge on any atom is 0.339 e. The molecule has 0 bridgehead atoms. The molecule has 1 aliphatic carbocycles. The number of methoxy groups -OCH3 is 1. The number of rotatable bonds is 7. The number of fused-ring (bicyclic) bond motifs is 2. The van der Waals surface area contributed by atoms with E-state index in [1.807, 2.05) is 37.3 Å². The molecule has 3 unspecified atom stereocenters. The number of nitrogens with zero attached hydrogens (tertiary/aromatic N) is 2. The number of hydrogen-bond donors (Lipinski definition) is 0. The highest BCUT2D eigenvalue weighted by Crippen LogP contribution is 2.38. The van der Waals surface area contributed by atoms with Crippen LogP contribution in [0, 0.1) is 18.8 Å². The second-order valence-corrected chi connectivity index (χ2v) is 10.9. The van der Waals surface area contributed by atoms with Gasteiger partial charge in [0.25, 0.3) is 0 Å². The van der Waals surface area contributed by atoms with Crippen molar-refractivity contribution in [2.75, 3.05) is 12.0 Å². The highest BCUT2D eigenvalue weighted by atomic mass is 16.5. The first-order chi connectivity index (χ1) is 20.7. The molecule has 2 aliphatic rings. The van der Waals surface area contributed by atoms with Crippen LogP contribution in [0.1, 0.15) is 46.0 Å². The predicted molar refractivity (Wildman–Crippen MR) is 162 cm³/mol. The monoisotopic (exact) mass is 574 g/mol. The van der Waals surface area contributed by atoms with Crippen LogP contribution in [0.4, 0.5) is 5.69 Å². The summed E-state index contributed by atoms with van der Waals surface area (Å²) in [5, 5.41) is 0.610. The minimum atomic E-state index is -1.02. The number of Topliss-reactive ketones (excluding diaryl/α,β-unsaturated/α-hetero) is 1. The highest BCUT2D eigenvalue weighted by Gasteiger charge is 2.47. The van der Waals surface area contributed by atoms with Crippen molar-refractivity contribution in [1.29, 1.82) is 0 Å². The third-order valence-electron chi connectivity index (χ3n) is 8.14. The molecule has 0 spiro atoms. The molecule has 1 saturated heterocycles. The molecule has 8 heteroatoms. The van der Waals surface area contributed by atoms with Gasteiger partial charge in [-0.3, -0.25) is 19.3 Å². The summed E-state index contributed by atoms with van der Waals surface area (Å²) in [4.78, 5) is 58.6. The van der Waals surface area contributed by atoms with Crippen LogP contribution in [0.5, 0.6) is 5.75 Å². The fourth-order valence-electron chi connectivity index (χ4n) is 5.76. The van der Waals surface area contributed by atoms with Crippen molar-refractivity contribution in [2.45, 2.75) is 32.8 Å². The molecule has 216 valence electrons. The summed E-state index contributed by atoms with van der Waals surface area (Å²) in [5.41, 5.74) is 3.94. The van der Waals surface area contributed by atoms with E-state index in [9.17, 15) is 19.2 Å². The van der Waals surface area contributed by atoms with E-state index in [0.717, 1.165) is 5.56 Å². The summed E-state index contributed by atoms with van der Waals surface area (Å²) < 4.78 is 10.8. The lowest BCUT2D eigenvalue weighted by molar-refractivity contribution is -0.122. The Kier molecular flexibility index (Phi) is 7.36. The van der Waals surface area contributed by atoms with Gasteiger partial charge in [-0.15, -0.1) is 0 Å². The average molecular weight is 575 g/mol. The molecular weight excluding hydrogens is 544 g/mol. The zero-order chi connectivity index (χ0) is 30.2. The first-order valence-corrected chi connectivity index (χ1v) is 14.2. The van der Waals surface area contributed by atoms with Crippen LogP contribution < -0.4 is 9.64 Å². The Morgan fingerprint density at radius 3 is 2.16 bits per heavy atom. The number of anilines is 1. The average Bonchev–Trinajstić information content (AvgIpc) is 3.29. The number of pyridine rings is 1. The number of imide groups is 1. The Labute approximate surface area is 248 Å². The Morgan fingerprint density at radius 2 is 1.53 bits per heavy atom. The minimum Gasteiger partial charge on any atom is -0.497 e. The molecule has 43 heavy (non-hydrogen) atoms. The molecule has 1 aromatic heterocycles. The first-order valence-electron chi connectivity index (χ1n) is 14.2. The number of hydrogen-bond acceptors (Lipinski definition) is 7. The second kappa shape index (κ2) is 11.3. The van der Waals surface area contributed by atoms with Gasteiger partial charge < -0.3 is 9.47 Å². The SMILES string of the molecule is COc1ccc(C(=O)C(C)OC(=O)c2cc(-c3ccc(N4C(=O)C5CC=CCC5C4=O)cc3)nc3ccc(C)cc23)cc1. The summed E-state index contributed by atoms with van der Waals surface area (Å²) in [5.74, 6) is -1.32. The first kappa shape index (κ1) is 28.0. The molecule has 1 aliphatic heterocycles. The fraction of sp³-hybridized carbons (Fsp3) is 0.229. The van der Waals surface area contributed by atoms with Crippen molar-refractivity contribution in [3.63, 3.8) is 0 Å². The largest absolute Gasteiger partial charge is 0.497 e. The number of ether oxygens (including phenoxy) is 2. The van der Waals surface area contributed by atoms with E-state index in [1.54, 1.807) is 68.6 Å². The van der Waals surface area contributed by atoms with Gasteiger partial charge >= 0.3 is 5.97 Å². The number of carbonyl (C=O) groups excluding carboxylic acids is 4. The van der Waals surface area contributed by atoms with Gasteiger partial charge in [-0.1, -0.05) is 35.9 Å². The van der Waals surface area contributed by atoms with Gasteiger partial charge in [-0.2, -0.15) is 0 Å². The lowest BCUT2D eigenvalue weighted by Gasteiger charge is -2.16. The van der Waals surface area contributed by atoms with Crippen LogP contribution in [0.2, 0.25) is 0 Å². The number of carbonyl (C=O) groups is 4. The van der Waals surface area contributed by atoms with Crippen molar-refractivity contribution in [3.05, 3.63) is 102 Å². The van der Waals surface area contributed by atoms with Gasteiger partial charge in [0.15, 0.2) is 6.10 Å². The van der Waals surface area contributed by atoms with Gasteiger partial charge in [-0.05, 0) is 81.3 Å². The van der Waals surface area contributed by atoms with Crippen LogP contribution in [0.3, 0.4) is 0 Å². The van der Waals surface area contributed by atoms with Crippen molar-refractivity contribution in [3.8, 4) is 17.0 Å². The number of benzene rings is 3. The summed E-state index contributed by atoms with van der Waals surface area (Å²) >= 11 is 0. The Balaban J connectivity index is 1.29. The minimum absolute atomic E-state index is 0.172. The molecule has 3 atom stereocenters. The zero-order valence-corrected chi connectivity index (χ0v) is 24.1. The Morgan fingerprint density at radius 1 is 0.884 bits per heavy atom. The molecule has 8 nitrogen and oxygen atoms in total. The number of aromatic nitrogens is 1. The van der Waals surface area contributed by atoms with Crippen LogP contribution in [0.15, 0.2) is 84.9 Å². The van der Waals surface area contributed by atoms with Crippen molar-refractivity contribution in [2.24, 2.45) is 11.8 Å². The van der Waals surface area contributed by atoms with E-state index in [0.29, 0.717) is 52.0 Å². The summed E-state index contributed by atoms with van der Waals surface area (Å²) in [6.07, 6.45) is 4.06. The fourth-order valence-corrected chi connectivity index (χ4v) is 5.76. The molecule has 3 aromatic carbocycles. The van der Waals surface area contributed by atoms with E-state index in [-0.39, 0.29) is 35.0 Å². The topological polar surface area (TPSA) is 103 Å². The van der Waals surface area contributed by atoms with Gasteiger partial charge in [0.2, 0.25) is 17.6 Å². The van der Waals surface area contributed by atoms with Gasteiger partial charge in [-0.25, -0.2) is 9.78 Å². The molecule has 0 radical (unpaired) electrons. The van der Waals surface area contributed by atoms with Crippen LogP contribution in [0.25, 0.3) is 22.2 Å². The van der Waals surface area contributed by atoms with E-state index in [1.165, 1.54) is 4.90 Å². The van der Waals surface area contributed by atoms with Crippen LogP contribution in [-0.2, 0) is 14.3 Å². The quantitative estimate of drug-likeness (QED) is 0.114. The molecule has 4 aromatic rings. The zero-order valence-electron chi connectivity index (χ0n) is 24.1. The number of amides is 2. The highest BCUT2D eigenvalue weighted by molar-refractivity contribution is 6.22. The number of ketones is 1. The second-order valence-electron chi connectivity index (χ2n) is 10.9. The van der Waals surface area contributed by atoms with E-state index in [4.69, 9.17) is 14.5 Å². The number of esters is 1. The standard InChI is InChI=1S/C35H30N2O6/c1-20-8-17-30-28(18-20)29(35(41)43-21(2)32(38)23-11-15-25(42-3)16-12-23)19-31(36-30)22-9-13-24(14-10-22)37-33(39)26-6-4-5-7-27(26)34(37)40/h4-5,8-19,21,26-27H,6-7H2,1-3H3. The molecule has 0 saturated carbocycles. The number of allylic oxidation sites excluding steroid dienone is 2. The van der Waals surface area contributed by atoms with Crippen LogP contribution >= 0.6 is 0 Å².